The lowest BCUT2D eigenvalue weighted by atomic mass is 10.1. The standard InChI is InChI=1S/C26H34F2N2O3S/c1-26(2,25(32)33)34-21-12-9-19(10-13-21)15-17-29-16-7-5-3-4-6-8-24(31)30-23-14-11-20(27)18-22(23)28/h9-14,18,29H,3-8,15-17H2,1-2H3,(H,30,31)(H,32,33). The minimum Gasteiger partial charge on any atom is -0.480 e. The summed E-state index contributed by atoms with van der Waals surface area (Å²) in [6.45, 7) is 5.22. The molecular formula is C26H34F2N2O3S. The smallest absolute Gasteiger partial charge is 0.319 e. The third-order valence-electron chi connectivity index (χ3n) is 5.36. The van der Waals surface area contributed by atoms with Crippen molar-refractivity contribution in [3.8, 4) is 0 Å². The number of carbonyl (C=O) groups is 2. The van der Waals surface area contributed by atoms with Crippen LogP contribution < -0.4 is 10.6 Å². The maximum atomic E-state index is 13.5. The van der Waals surface area contributed by atoms with Crippen LogP contribution >= 0.6 is 11.8 Å². The van der Waals surface area contributed by atoms with Crippen LogP contribution in [0.3, 0.4) is 0 Å². The summed E-state index contributed by atoms with van der Waals surface area (Å²) in [5.74, 6) is -2.52. The van der Waals surface area contributed by atoms with Crippen LogP contribution in [0, 0.1) is 11.6 Å². The Hall–Kier alpha value is -2.45. The summed E-state index contributed by atoms with van der Waals surface area (Å²) in [6.07, 6.45) is 6.07. The number of carboxylic acid groups (broad SMARTS) is 1. The summed E-state index contributed by atoms with van der Waals surface area (Å²) in [4.78, 5) is 24.1. The number of hydrogen-bond donors (Lipinski definition) is 3. The van der Waals surface area contributed by atoms with Crippen molar-refractivity contribution in [3.63, 3.8) is 0 Å². The molecule has 2 aromatic carbocycles. The van der Waals surface area contributed by atoms with Crippen LogP contribution in [0.2, 0.25) is 0 Å². The minimum atomic E-state index is -0.848. The van der Waals surface area contributed by atoms with Crippen LogP contribution in [0.4, 0.5) is 14.5 Å². The number of halogens is 2. The van der Waals surface area contributed by atoms with E-state index in [0.717, 1.165) is 68.6 Å². The Morgan fingerprint density at radius 1 is 0.941 bits per heavy atom. The Kier molecular flexibility index (Phi) is 11.5. The van der Waals surface area contributed by atoms with Gasteiger partial charge in [0.25, 0.3) is 0 Å². The van der Waals surface area contributed by atoms with E-state index in [0.29, 0.717) is 6.42 Å². The van der Waals surface area contributed by atoms with E-state index in [4.69, 9.17) is 0 Å². The van der Waals surface area contributed by atoms with Gasteiger partial charge in [-0.25, -0.2) is 8.78 Å². The summed E-state index contributed by atoms with van der Waals surface area (Å²) >= 11 is 1.34. The maximum absolute atomic E-state index is 13.5. The predicted molar refractivity (Wildman–Crippen MR) is 133 cm³/mol. The van der Waals surface area contributed by atoms with Crippen molar-refractivity contribution in [2.75, 3.05) is 18.4 Å². The molecular weight excluding hydrogens is 458 g/mol. The van der Waals surface area contributed by atoms with Crippen molar-refractivity contribution >= 4 is 29.3 Å². The largest absolute Gasteiger partial charge is 0.480 e. The second-order valence-corrected chi connectivity index (χ2v) is 10.4. The van der Waals surface area contributed by atoms with Gasteiger partial charge in [-0.15, -0.1) is 11.8 Å². The number of carbonyl (C=O) groups excluding carboxylic acids is 1. The Morgan fingerprint density at radius 3 is 2.29 bits per heavy atom. The lowest BCUT2D eigenvalue weighted by Gasteiger charge is -2.18. The zero-order valence-corrected chi connectivity index (χ0v) is 20.6. The summed E-state index contributed by atoms with van der Waals surface area (Å²) in [5.41, 5.74) is 1.22. The molecule has 0 spiro atoms. The average Bonchev–Trinajstić information content (AvgIpc) is 2.77. The Bertz CT molecular complexity index is 936. The zero-order chi connectivity index (χ0) is 25.0. The molecule has 34 heavy (non-hydrogen) atoms. The summed E-state index contributed by atoms with van der Waals surface area (Å²) in [7, 11) is 0. The minimum absolute atomic E-state index is 0.00874. The molecule has 2 aromatic rings. The van der Waals surface area contributed by atoms with Crippen molar-refractivity contribution in [2.45, 2.75) is 68.4 Å². The Labute approximate surface area is 204 Å². The number of hydrogen-bond acceptors (Lipinski definition) is 4. The molecule has 186 valence electrons. The van der Waals surface area contributed by atoms with E-state index in [1.165, 1.54) is 23.4 Å². The molecule has 5 nitrogen and oxygen atoms in total. The van der Waals surface area contributed by atoms with E-state index in [1.54, 1.807) is 13.8 Å². The van der Waals surface area contributed by atoms with Crippen molar-refractivity contribution in [1.82, 2.24) is 5.32 Å². The molecule has 0 saturated carbocycles. The molecule has 0 saturated heterocycles. The van der Waals surface area contributed by atoms with Gasteiger partial charge < -0.3 is 15.7 Å². The number of nitrogens with one attached hydrogen (secondary N) is 2. The molecule has 0 unspecified atom stereocenters. The van der Waals surface area contributed by atoms with Gasteiger partial charge in [-0.05, 0) is 76.0 Å². The number of unbranched alkanes of at least 4 members (excludes halogenated alkanes) is 4. The first-order valence-corrected chi connectivity index (χ1v) is 12.5. The predicted octanol–water partition coefficient (Wildman–Crippen LogP) is 6.03. The quantitative estimate of drug-likeness (QED) is 0.209. The van der Waals surface area contributed by atoms with Crippen LogP contribution in [-0.4, -0.2) is 34.8 Å². The molecule has 3 N–H and O–H groups in total. The highest BCUT2D eigenvalue weighted by Gasteiger charge is 2.28. The molecule has 0 aliphatic heterocycles. The summed E-state index contributed by atoms with van der Waals surface area (Å²) in [6, 6.07) is 11.1. The van der Waals surface area contributed by atoms with E-state index in [2.05, 4.69) is 10.6 Å². The lowest BCUT2D eigenvalue weighted by Crippen LogP contribution is -2.26. The van der Waals surface area contributed by atoms with Crippen LogP contribution in [0.25, 0.3) is 0 Å². The number of thioether (sulfide) groups is 1. The van der Waals surface area contributed by atoms with Crippen molar-refractivity contribution < 1.29 is 23.5 Å². The molecule has 1 amide bonds. The van der Waals surface area contributed by atoms with Crippen LogP contribution in [0.1, 0.15) is 57.9 Å². The number of anilines is 1. The molecule has 0 heterocycles. The molecule has 2 rings (SSSR count). The van der Waals surface area contributed by atoms with E-state index >= 15 is 0 Å². The van der Waals surface area contributed by atoms with Gasteiger partial charge in [-0.2, -0.15) is 0 Å². The molecule has 0 aliphatic rings. The number of amides is 1. The second kappa shape index (κ2) is 14.1. The molecule has 0 radical (unpaired) electrons. The van der Waals surface area contributed by atoms with Crippen LogP contribution in [0.5, 0.6) is 0 Å². The van der Waals surface area contributed by atoms with Gasteiger partial charge in [0, 0.05) is 17.4 Å². The van der Waals surface area contributed by atoms with E-state index in [9.17, 15) is 23.5 Å². The molecule has 0 aromatic heterocycles. The third-order valence-corrected chi connectivity index (χ3v) is 6.56. The molecule has 0 bridgehead atoms. The first-order valence-electron chi connectivity index (χ1n) is 11.6. The maximum Gasteiger partial charge on any atom is 0.319 e. The van der Waals surface area contributed by atoms with Gasteiger partial charge in [0.2, 0.25) is 5.91 Å². The van der Waals surface area contributed by atoms with Gasteiger partial charge in [0.15, 0.2) is 0 Å². The highest BCUT2D eigenvalue weighted by atomic mass is 32.2. The first kappa shape index (κ1) is 27.8. The third kappa shape index (κ3) is 10.2. The highest BCUT2D eigenvalue weighted by molar-refractivity contribution is 8.01. The summed E-state index contributed by atoms with van der Waals surface area (Å²) < 4.78 is 25.6. The van der Waals surface area contributed by atoms with E-state index < -0.39 is 22.4 Å². The molecule has 0 fully saturated rings. The van der Waals surface area contributed by atoms with Gasteiger partial charge in [-0.3, -0.25) is 9.59 Å². The molecule has 0 atom stereocenters. The van der Waals surface area contributed by atoms with Crippen molar-refractivity contribution in [1.29, 1.82) is 0 Å². The monoisotopic (exact) mass is 492 g/mol. The van der Waals surface area contributed by atoms with Crippen molar-refractivity contribution in [3.05, 3.63) is 59.7 Å². The van der Waals surface area contributed by atoms with Gasteiger partial charge in [0.1, 0.15) is 16.4 Å². The Balaban J connectivity index is 1.48. The van der Waals surface area contributed by atoms with Crippen molar-refractivity contribution in [2.24, 2.45) is 0 Å². The topological polar surface area (TPSA) is 78.4 Å². The fourth-order valence-electron chi connectivity index (χ4n) is 3.29. The van der Waals surface area contributed by atoms with Gasteiger partial charge >= 0.3 is 5.97 Å². The van der Waals surface area contributed by atoms with Gasteiger partial charge in [-0.1, -0.05) is 31.4 Å². The molecule has 0 aliphatic carbocycles. The number of carboxylic acids is 1. The summed E-state index contributed by atoms with van der Waals surface area (Å²) in [5, 5.41) is 15.1. The van der Waals surface area contributed by atoms with E-state index in [1.807, 2.05) is 24.3 Å². The SMILES string of the molecule is CC(C)(Sc1ccc(CCNCCCCCCCC(=O)Nc2ccc(F)cc2F)cc1)C(=O)O. The number of rotatable bonds is 15. The van der Waals surface area contributed by atoms with Crippen LogP contribution in [-0.2, 0) is 16.0 Å². The second-order valence-electron chi connectivity index (χ2n) is 8.75. The van der Waals surface area contributed by atoms with Gasteiger partial charge in [0.05, 0.1) is 5.69 Å². The Morgan fingerprint density at radius 2 is 1.62 bits per heavy atom. The highest BCUT2D eigenvalue weighted by Crippen LogP contribution is 2.32. The van der Waals surface area contributed by atoms with Crippen LogP contribution in [0.15, 0.2) is 47.4 Å². The first-order chi connectivity index (χ1) is 16.2. The fourth-order valence-corrected chi connectivity index (χ4v) is 4.24. The zero-order valence-electron chi connectivity index (χ0n) is 19.8. The average molecular weight is 493 g/mol. The number of aliphatic carboxylic acids is 1. The lowest BCUT2D eigenvalue weighted by molar-refractivity contribution is -0.138. The fraction of sp³-hybridized carbons (Fsp3) is 0.462. The normalized spacial score (nSPS) is 11.4. The number of benzene rings is 2. The van der Waals surface area contributed by atoms with E-state index in [-0.39, 0.29) is 11.6 Å². The molecule has 8 heteroatoms.